The number of nitrogens with one attached hydrogen (secondary N) is 1. The fourth-order valence-electron chi connectivity index (χ4n) is 3.65. The SMILES string of the molecule is CC[C@@H]1Oc2ccc(NC(=O)c3ccc(Cl)c(Cl)c3)cc2CN(Cc2ccccc2F)C1=O. The van der Waals surface area contributed by atoms with Crippen molar-refractivity contribution in [2.45, 2.75) is 32.5 Å². The molecule has 0 saturated heterocycles. The van der Waals surface area contributed by atoms with Crippen molar-refractivity contribution in [2.75, 3.05) is 5.32 Å². The molecule has 2 amide bonds. The molecule has 1 N–H and O–H groups in total. The molecule has 0 aromatic heterocycles. The quantitative estimate of drug-likeness (QED) is 0.474. The standard InChI is InChI=1S/C25H21Cl2FN2O3/c1-2-22-25(32)30(13-16-5-3-4-6-21(16)28)14-17-11-18(8-10-23(17)33-22)29-24(31)15-7-9-19(26)20(27)12-15/h3-12,22H,2,13-14H2,1H3,(H,29,31)/t22-/m0/s1. The van der Waals surface area contributed by atoms with Gasteiger partial charge in [0.2, 0.25) is 0 Å². The average Bonchev–Trinajstić information content (AvgIpc) is 2.93. The molecule has 1 aliphatic heterocycles. The average molecular weight is 487 g/mol. The van der Waals surface area contributed by atoms with E-state index >= 15 is 0 Å². The van der Waals surface area contributed by atoms with Crippen LogP contribution in [0.1, 0.15) is 34.8 Å². The van der Waals surface area contributed by atoms with E-state index in [1.165, 1.54) is 12.1 Å². The third-order valence-corrected chi connectivity index (χ3v) is 6.15. The van der Waals surface area contributed by atoms with Crippen LogP contribution < -0.4 is 10.1 Å². The van der Waals surface area contributed by atoms with Crippen LogP contribution in [0, 0.1) is 5.82 Å². The van der Waals surface area contributed by atoms with E-state index in [0.29, 0.717) is 39.6 Å². The van der Waals surface area contributed by atoms with Gasteiger partial charge >= 0.3 is 0 Å². The van der Waals surface area contributed by atoms with Crippen LogP contribution in [0.5, 0.6) is 5.75 Å². The van der Waals surface area contributed by atoms with E-state index in [-0.39, 0.29) is 35.7 Å². The first kappa shape index (κ1) is 23.1. The number of rotatable bonds is 5. The third-order valence-electron chi connectivity index (χ3n) is 5.41. The first-order valence-corrected chi connectivity index (χ1v) is 11.2. The number of hydrogen-bond donors (Lipinski definition) is 1. The van der Waals surface area contributed by atoms with Gasteiger partial charge in [0.25, 0.3) is 11.8 Å². The number of carbonyl (C=O) groups is 2. The van der Waals surface area contributed by atoms with Crippen molar-refractivity contribution in [3.63, 3.8) is 0 Å². The first-order valence-electron chi connectivity index (χ1n) is 10.4. The van der Waals surface area contributed by atoms with Crippen LogP contribution in [0.3, 0.4) is 0 Å². The molecular weight excluding hydrogens is 466 g/mol. The number of ether oxygens (including phenoxy) is 1. The lowest BCUT2D eigenvalue weighted by atomic mass is 10.1. The Kier molecular flexibility index (Phi) is 6.86. The highest BCUT2D eigenvalue weighted by atomic mass is 35.5. The van der Waals surface area contributed by atoms with Gasteiger partial charge in [-0.05, 0) is 48.9 Å². The van der Waals surface area contributed by atoms with Crippen LogP contribution in [0.4, 0.5) is 10.1 Å². The van der Waals surface area contributed by atoms with Crippen LogP contribution in [-0.4, -0.2) is 22.8 Å². The molecule has 3 aromatic rings. The Morgan fingerprint density at radius 1 is 1.12 bits per heavy atom. The summed E-state index contributed by atoms with van der Waals surface area (Å²) in [6.07, 6.45) is -0.198. The monoisotopic (exact) mass is 486 g/mol. The topological polar surface area (TPSA) is 58.6 Å². The number of amides is 2. The highest BCUT2D eigenvalue weighted by molar-refractivity contribution is 6.42. The summed E-state index contributed by atoms with van der Waals surface area (Å²) in [4.78, 5) is 27.3. The van der Waals surface area contributed by atoms with Gasteiger partial charge in [0.1, 0.15) is 11.6 Å². The molecule has 0 radical (unpaired) electrons. The molecule has 1 aliphatic rings. The van der Waals surface area contributed by atoms with Gasteiger partial charge in [-0.15, -0.1) is 0 Å². The van der Waals surface area contributed by atoms with E-state index in [2.05, 4.69) is 5.32 Å². The normalized spacial score (nSPS) is 15.5. The van der Waals surface area contributed by atoms with Gasteiger partial charge in [0, 0.05) is 35.5 Å². The lowest BCUT2D eigenvalue weighted by molar-refractivity contribution is -0.139. The third kappa shape index (κ3) is 5.13. The molecule has 3 aromatic carbocycles. The van der Waals surface area contributed by atoms with Crippen molar-refractivity contribution in [1.29, 1.82) is 0 Å². The molecule has 0 saturated carbocycles. The van der Waals surface area contributed by atoms with Crippen LogP contribution in [0.25, 0.3) is 0 Å². The highest BCUT2D eigenvalue weighted by Crippen LogP contribution is 2.31. The fraction of sp³-hybridized carbons (Fsp3) is 0.200. The number of hydrogen-bond acceptors (Lipinski definition) is 3. The minimum Gasteiger partial charge on any atom is -0.480 e. The molecule has 0 spiro atoms. The lowest BCUT2D eigenvalue weighted by Crippen LogP contribution is -2.39. The van der Waals surface area contributed by atoms with E-state index in [0.717, 1.165) is 0 Å². The van der Waals surface area contributed by atoms with Gasteiger partial charge in [0.15, 0.2) is 6.10 Å². The van der Waals surface area contributed by atoms with Crippen LogP contribution in [0.2, 0.25) is 10.0 Å². The zero-order valence-corrected chi connectivity index (χ0v) is 19.3. The van der Waals surface area contributed by atoms with Gasteiger partial charge in [-0.1, -0.05) is 48.3 Å². The van der Waals surface area contributed by atoms with Gasteiger partial charge < -0.3 is 15.0 Å². The maximum Gasteiger partial charge on any atom is 0.264 e. The number of anilines is 1. The zero-order valence-electron chi connectivity index (χ0n) is 17.8. The van der Waals surface area contributed by atoms with Gasteiger partial charge in [-0.25, -0.2) is 4.39 Å². The summed E-state index contributed by atoms with van der Waals surface area (Å²) in [5, 5.41) is 3.47. The minimum atomic E-state index is -0.672. The summed E-state index contributed by atoms with van der Waals surface area (Å²) in [6, 6.07) is 16.2. The molecule has 0 bridgehead atoms. The number of benzene rings is 3. The van der Waals surface area contributed by atoms with Crippen molar-refractivity contribution >= 4 is 40.7 Å². The van der Waals surface area contributed by atoms with E-state index in [1.807, 2.05) is 6.92 Å². The summed E-state index contributed by atoms with van der Waals surface area (Å²) in [5.74, 6) is -0.378. The van der Waals surface area contributed by atoms with Gasteiger partial charge in [-0.2, -0.15) is 0 Å². The molecule has 1 heterocycles. The molecular formula is C25H21Cl2FN2O3. The fourth-order valence-corrected chi connectivity index (χ4v) is 3.95. The zero-order chi connectivity index (χ0) is 23.5. The van der Waals surface area contributed by atoms with Crippen LogP contribution >= 0.6 is 23.2 Å². The summed E-state index contributed by atoms with van der Waals surface area (Å²) >= 11 is 11.9. The van der Waals surface area contributed by atoms with Gasteiger partial charge in [-0.3, -0.25) is 9.59 Å². The molecule has 33 heavy (non-hydrogen) atoms. The summed E-state index contributed by atoms with van der Waals surface area (Å²) < 4.78 is 20.2. The second kappa shape index (κ2) is 9.81. The molecule has 4 rings (SSSR count). The van der Waals surface area contributed by atoms with Crippen LogP contribution in [-0.2, 0) is 17.9 Å². The number of nitrogens with zero attached hydrogens (tertiary/aromatic N) is 1. The summed E-state index contributed by atoms with van der Waals surface area (Å²) in [6.45, 7) is 2.20. The second-order valence-electron chi connectivity index (χ2n) is 7.71. The largest absolute Gasteiger partial charge is 0.480 e. The number of fused-ring (bicyclic) bond motifs is 1. The van der Waals surface area contributed by atoms with E-state index in [4.69, 9.17) is 27.9 Å². The Balaban J connectivity index is 1.60. The Bertz CT molecular complexity index is 1220. The molecule has 0 fully saturated rings. The first-order chi connectivity index (χ1) is 15.9. The number of carbonyl (C=O) groups excluding carboxylic acids is 2. The Hall–Kier alpha value is -3.09. The van der Waals surface area contributed by atoms with E-state index in [1.54, 1.807) is 53.4 Å². The minimum absolute atomic E-state index is 0.116. The van der Waals surface area contributed by atoms with Crippen molar-refractivity contribution in [1.82, 2.24) is 4.90 Å². The van der Waals surface area contributed by atoms with Crippen LogP contribution in [0.15, 0.2) is 60.7 Å². The molecule has 8 heteroatoms. The molecule has 0 unspecified atom stereocenters. The Labute approximate surface area is 201 Å². The van der Waals surface area contributed by atoms with Crippen molar-refractivity contribution in [3.05, 3.63) is 93.2 Å². The maximum atomic E-state index is 14.2. The second-order valence-corrected chi connectivity index (χ2v) is 8.52. The van der Waals surface area contributed by atoms with Crippen molar-refractivity contribution in [2.24, 2.45) is 0 Å². The summed E-state index contributed by atoms with van der Waals surface area (Å²) in [5.41, 5.74) is 2.02. The molecule has 170 valence electrons. The summed E-state index contributed by atoms with van der Waals surface area (Å²) in [7, 11) is 0. The van der Waals surface area contributed by atoms with E-state index in [9.17, 15) is 14.0 Å². The lowest BCUT2D eigenvalue weighted by Gasteiger charge is -2.23. The maximum absolute atomic E-state index is 14.2. The highest BCUT2D eigenvalue weighted by Gasteiger charge is 2.30. The van der Waals surface area contributed by atoms with Crippen molar-refractivity contribution < 1.29 is 18.7 Å². The number of halogens is 3. The van der Waals surface area contributed by atoms with E-state index < -0.39 is 6.10 Å². The van der Waals surface area contributed by atoms with Gasteiger partial charge in [0.05, 0.1) is 10.0 Å². The molecule has 5 nitrogen and oxygen atoms in total. The predicted octanol–water partition coefficient (Wildman–Crippen LogP) is 6.08. The molecule has 0 aliphatic carbocycles. The molecule has 1 atom stereocenters. The van der Waals surface area contributed by atoms with Crippen molar-refractivity contribution in [3.8, 4) is 5.75 Å². The Morgan fingerprint density at radius 2 is 1.91 bits per heavy atom. The predicted molar refractivity (Wildman–Crippen MR) is 126 cm³/mol. The Morgan fingerprint density at radius 3 is 2.64 bits per heavy atom. The smallest absolute Gasteiger partial charge is 0.264 e.